The van der Waals surface area contributed by atoms with Gasteiger partial charge in [0.2, 0.25) is 11.4 Å². The van der Waals surface area contributed by atoms with Gasteiger partial charge in [-0.2, -0.15) is 0 Å². The van der Waals surface area contributed by atoms with Gasteiger partial charge in [0.15, 0.2) is 5.87 Å². The van der Waals surface area contributed by atoms with Crippen molar-refractivity contribution in [2.24, 2.45) is 15.2 Å². The van der Waals surface area contributed by atoms with Crippen molar-refractivity contribution in [1.29, 1.82) is 0 Å². The van der Waals surface area contributed by atoms with E-state index in [0.29, 0.717) is 0 Å². The van der Waals surface area contributed by atoms with E-state index in [4.69, 9.17) is 0 Å². The highest BCUT2D eigenvalue weighted by Crippen LogP contribution is 2.19. The third-order valence-corrected chi connectivity index (χ3v) is 2.96. The number of aliphatic imine (C=N–C) groups is 1. The molecule has 0 aromatic heterocycles. The zero-order valence-electron chi connectivity index (χ0n) is 11.8. The zero-order chi connectivity index (χ0) is 14.3. The molecule has 0 amide bonds. The van der Waals surface area contributed by atoms with Crippen molar-refractivity contribution in [3.8, 4) is 0 Å². The van der Waals surface area contributed by atoms with Gasteiger partial charge in [-0.15, -0.1) is 5.11 Å². The molecular weight excluding hydrogens is 256 g/mol. The van der Waals surface area contributed by atoms with Gasteiger partial charge in [0.1, 0.15) is 0 Å². The van der Waals surface area contributed by atoms with Crippen LogP contribution in [-0.2, 0) is 11.4 Å². The number of hydrogen-bond acceptors (Lipinski definition) is 4. The average Bonchev–Trinajstić information content (AvgIpc) is 2.43. The van der Waals surface area contributed by atoms with Gasteiger partial charge in [-0.05, 0) is 31.2 Å². The fourth-order valence-corrected chi connectivity index (χ4v) is 1.62. The van der Waals surface area contributed by atoms with Crippen LogP contribution in [-0.4, -0.2) is 32.7 Å². The van der Waals surface area contributed by atoms with Gasteiger partial charge < -0.3 is 4.90 Å². The van der Waals surface area contributed by atoms with Gasteiger partial charge in [0, 0.05) is 38.6 Å². The topological polar surface area (TPSA) is 40.3 Å². The highest BCUT2D eigenvalue weighted by Gasteiger charge is 2.03. The molecule has 1 aromatic rings. The van der Waals surface area contributed by atoms with Crippen molar-refractivity contribution in [2.75, 3.05) is 26.0 Å². The summed E-state index contributed by atoms with van der Waals surface area (Å²) in [7, 11) is 5.75. The average molecular weight is 275 g/mol. The normalized spacial score (nSPS) is 12.8. The summed E-state index contributed by atoms with van der Waals surface area (Å²) in [5.74, 6) is 3.76. The predicted molar refractivity (Wildman–Crippen MR) is 86.9 cm³/mol. The molecule has 1 aromatic carbocycles. The number of rotatable bonds is 5. The third kappa shape index (κ3) is 5.09. The van der Waals surface area contributed by atoms with Crippen LogP contribution in [0.25, 0.3) is 0 Å². The molecule has 1 rings (SSSR count). The lowest BCUT2D eigenvalue weighted by molar-refractivity contribution is 1.13. The first kappa shape index (κ1) is 15.2. The Bertz CT molecular complexity index is 513. The Morgan fingerprint density at radius 1 is 1.26 bits per heavy atom. The SMILES string of the molecule is C=[S+]/C(=C\C(C)=NC)N=Nc1ccc(N(C)C)cc1. The number of hydrogen-bond donors (Lipinski definition) is 0. The maximum absolute atomic E-state index is 4.19. The summed E-state index contributed by atoms with van der Waals surface area (Å²) in [6.45, 7) is 1.91. The van der Waals surface area contributed by atoms with Crippen molar-refractivity contribution in [3.63, 3.8) is 0 Å². The molecule has 0 saturated carbocycles. The number of azo groups is 1. The molecule has 0 unspecified atom stereocenters. The molecule has 0 saturated heterocycles. The Balaban J connectivity index is 2.85. The summed E-state index contributed by atoms with van der Waals surface area (Å²) >= 11 is 1.30. The van der Waals surface area contributed by atoms with Crippen LogP contribution >= 0.6 is 0 Å². The molecule has 0 aliphatic rings. The first-order valence-electron chi connectivity index (χ1n) is 5.83. The monoisotopic (exact) mass is 275 g/mol. The van der Waals surface area contributed by atoms with E-state index in [1.165, 1.54) is 11.4 Å². The Morgan fingerprint density at radius 3 is 2.37 bits per heavy atom. The van der Waals surface area contributed by atoms with Crippen molar-refractivity contribution in [3.05, 3.63) is 35.4 Å². The van der Waals surface area contributed by atoms with E-state index in [9.17, 15) is 0 Å². The summed E-state index contributed by atoms with van der Waals surface area (Å²) < 4.78 is 0. The molecule has 0 fully saturated rings. The van der Waals surface area contributed by atoms with Crippen molar-refractivity contribution >= 4 is 34.3 Å². The minimum atomic E-state index is 0.736. The van der Waals surface area contributed by atoms with Crippen LogP contribution in [0.2, 0.25) is 0 Å². The molecule has 0 aliphatic heterocycles. The molecule has 5 heteroatoms. The highest BCUT2D eigenvalue weighted by molar-refractivity contribution is 7.80. The molecule has 0 aliphatic carbocycles. The molecular formula is C14H19N4S+. The van der Waals surface area contributed by atoms with E-state index in [0.717, 1.165) is 22.1 Å². The van der Waals surface area contributed by atoms with E-state index >= 15 is 0 Å². The standard InChI is InChI=1S/C14H19N4S/c1-11(15-2)10-14(19-5)17-16-12-6-8-13(9-7-12)18(3)4/h6-10H,5H2,1-4H3/q+1/b14-10-,15-11?,17-16?. The van der Waals surface area contributed by atoms with E-state index in [1.54, 1.807) is 7.05 Å². The molecule has 0 N–H and O–H groups in total. The summed E-state index contributed by atoms with van der Waals surface area (Å²) in [5.41, 5.74) is 2.85. The maximum atomic E-state index is 4.19. The summed E-state index contributed by atoms with van der Waals surface area (Å²) in [4.78, 5) is 6.10. The van der Waals surface area contributed by atoms with E-state index in [1.807, 2.05) is 56.3 Å². The van der Waals surface area contributed by atoms with Crippen molar-refractivity contribution in [2.45, 2.75) is 6.92 Å². The summed E-state index contributed by atoms with van der Waals surface area (Å²) in [6.07, 6.45) is 1.86. The Morgan fingerprint density at radius 2 is 1.89 bits per heavy atom. The molecule has 0 bridgehead atoms. The lowest BCUT2D eigenvalue weighted by Gasteiger charge is -2.11. The first-order valence-corrected chi connectivity index (χ1v) is 6.81. The van der Waals surface area contributed by atoms with Crippen LogP contribution < -0.4 is 4.90 Å². The second-order valence-electron chi connectivity index (χ2n) is 4.10. The number of benzene rings is 1. The van der Waals surface area contributed by atoms with Gasteiger partial charge in [-0.1, -0.05) is 5.11 Å². The minimum Gasteiger partial charge on any atom is -0.378 e. The molecule has 0 radical (unpaired) electrons. The number of anilines is 1. The number of nitrogens with zero attached hydrogens (tertiary/aromatic N) is 4. The first-order chi connectivity index (χ1) is 9.06. The Hall–Kier alpha value is -1.88. The van der Waals surface area contributed by atoms with Crippen LogP contribution in [0.15, 0.2) is 50.6 Å². The molecule has 0 atom stereocenters. The second kappa shape index (κ2) is 7.53. The van der Waals surface area contributed by atoms with Gasteiger partial charge in [0.25, 0.3) is 0 Å². The van der Waals surface area contributed by atoms with E-state index in [2.05, 4.69) is 21.1 Å². The lowest BCUT2D eigenvalue weighted by Crippen LogP contribution is -2.07. The maximum Gasteiger partial charge on any atom is 0.342 e. The van der Waals surface area contributed by atoms with Crippen LogP contribution in [0.1, 0.15) is 6.92 Å². The fourth-order valence-electron chi connectivity index (χ4n) is 1.27. The fraction of sp³-hybridized carbons (Fsp3) is 0.286. The predicted octanol–water partition coefficient (Wildman–Crippen LogP) is 3.28. The van der Waals surface area contributed by atoms with Gasteiger partial charge in [-0.3, -0.25) is 4.99 Å². The summed E-state index contributed by atoms with van der Waals surface area (Å²) in [5, 5.41) is 9.09. The largest absolute Gasteiger partial charge is 0.378 e. The summed E-state index contributed by atoms with van der Waals surface area (Å²) in [6, 6.07) is 7.89. The lowest BCUT2D eigenvalue weighted by atomic mass is 10.3. The molecule has 4 nitrogen and oxygen atoms in total. The molecule has 0 heterocycles. The molecule has 0 spiro atoms. The van der Waals surface area contributed by atoms with E-state index in [-0.39, 0.29) is 0 Å². The Labute approximate surface area is 118 Å². The van der Waals surface area contributed by atoms with E-state index < -0.39 is 0 Å². The van der Waals surface area contributed by atoms with Crippen LogP contribution in [0.3, 0.4) is 0 Å². The highest BCUT2D eigenvalue weighted by atomic mass is 32.1. The number of allylic oxidation sites excluding steroid dienone is 1. The quantitative estimate of drug-likeness (QED) is 0.352. The van der Waals surface area contributed by atoms with Gasteiger partial charge in [0.05, 0.1) is 5.69 Å². The van der Waals surface area contributed by atoms with Crippen molar-refractivity contribution in [1.82, 2.24) is 0 Å². The van der Waals surface area contributed by atoms with Crippen LogP contribution in [0.5, 0.6) is 0 Å². The molecule has 100 valence electrons. The molecule has 19 heavy (non-hydrogen) atoms. The van der Waals surface area contributed by atoms with Crippen molar-refractivity contribution < 1.29 is 0 Å². The van der Waals surface area contributed by atoms with Gasteiger partial charge in [-0.25, -0.2) is 0 Å². The third-order valence-electron chi connectivity index (χ3n) is 2.46. The van der Waals surface area contributed by atoms with Crippen LogP contribution in [0.4, 0.5) is 11.4 Å². The van der Waals surface area contributed by atoms with Crippen LogP contribution in [0, 0.1) is 0 Å². The minimum absolute atomic E-state index is 0.736. The second-order valence-corrected chi connectivity index (χ2v) is 4.81. The smallest absolute Gasteiger partial charge is 0.342 e. The Kier molecular flexibility index (Phi) is 6.02. The van der Waals surface area contributed by atoms with Gasteiger partial charge >= 0.3 is 5.03 Å². The zero-order valence-corrected chi connectivity index (χ0v) is 12.6.